The van der Waals surface area contributed by atoms with Gasteiger partial charge in [-0.15, -0.1) is 0 Å². The third kappa shape index (κ3) is 4.85. The fraction of sp³-hybridized carbons (Fsp3) is 0.364. The van der Waals surface area contributed by atoms with E-state index < -0.39 is 21.9 Å². The standard InChI is InChI=1S/C22H25NO5S/c1-2-29(26,27)19-14-8-7-13-18(19)22(25)28-20(17-11-5-3-6-12-17)21(24)23-15-9-4-10-16-23/h3,5-8,11-14,20H,2,4,9-10,15-16H2,1H3/t20-/m1/s1. The van der Waals surface area contributed by atoms with E-state index in [4.69, 9.17) is 4.74 Å². The summed E-state index contributed by atoms with van der Waals surface area (Å²) >= 11 is 0. The van der Waals surface area contributed by atoms with Gasteiger partial charge in [-0.2, -0.15) is 0 Å². The lowest BCUT2D eigenvalue weighted by atomic mass is 10.1. The van der Waals surface area contributed by atoms with E-state index in [9.17, 15) is 18.0 Å². The van der Waals surface area contributed by atoms with Gasteiger partial charge in [0.1, 0.15) is 0 Å². The molecular weight excluding hydrogens is 390 g/mol. The zero-order valence-electron chi connectivity index (χ0n) is 16.4. The van der Waals surface area contributed by atoms with E-state index in [1.807, 2.05) is 6.07 Å². The number of benzene rings is 2. The number of nitrogens with zero attached hydrogens (tertiary/aromatic N) is 1. The molecular formula is C22H25NO5S. The Kier molecular flexibility index (Phi) is 6.69. The molecule has 29 heavy (non-hydrogen) atoms. The summed E-state index contributed by atoms with van der Waals surface area (Å²) in [6, 6.07) is 14.8. The summed E-state index contributed by atoms with van der Waals surface area (Å²) in [6.45, 7) is 2.77. The molecule has 1 amide bonds. The molecule has 0 aliphatic carbocycles. The van der Waals surface area contributed by atoms with Crippen molar-refractivity contribution in [3.63, 3.8) is 0 Å². The second-order valence-electron chi connectivity index (χ2n) is 6.98. The Morgan fingerprint density at radius 2 is 1.59 bits per heavy atom. The van der Waals surface area contributed by atoms with Gasteiger partial charge in [-0.25, -0.2) is 13.2 Å². The number of rotatable bonds is 6. The number of hydrogen-bond acceptors (Lipinski definition) is 5. The molecule has 6 nitrogen and oxygen atoms in total. The summed E-state index contributed by atoms with van der Waals surface area (Å²) in [5, 5.41) is 0. The van der Waals surface area contributed by atoms with Gasteiger partial charge in [0.2, 0.25) is 6.10 Å². The predicted molar refractivity (Wildman–Crippen MR) is 109 cm³/mol. The van der Waals surface area contributed by atoms with Gasteiger partial charge in [-0.1, -0.05) is 49.4 Å². The van der Waals surface area contributed by atoms with E-state index in [0.29, 0.717) is 18.7 Å². The van der Waals surface area contributed by atoms with Crippen molar-refractivity contribution in [2.45, 2.75) is 37.2 Å². The average molecular weight is 416 g/mol. The summed E-state index contributed by atoms with van der Waals surface area (Å²) in [4.78, 5) is 27.7. The Morgan fingerprint density at radius 3 is 2.24 bits per heavy atom. The Labute approximate surface area is 171 Å². The smallest absolute Gasteiger partial charge is 0.340 e. The molecule has 1 aliphatic heterocycles. The minimum absolute atomic E-state index is 0.0540. The number of ether oxygens (including phenoxy) is 1. The highest BCUT2D eigenvalue weighted by Gasteiger charge is 2.32. The maximum absolute atomic E-state index is 13.1. The Morgan fingerprint density at radius 1 is 0.966 bits per heavy atom. The van der Waals surface area contributed by atoms with Crippen molar-refractivity contribution in [1.82, 2.24) is 4.90 Å². The normalized spacial score (nSPS) is 15.6. The lowest BCUT2D eigenvalue weighted by Crippen LogP contribution is -2.40. The topological polar surface area (TPSA) is 80.7 Å². The zero-order valence-corrected chi connectivity index (χ0v) is 17.2. The molecule has 0 bridgehead atoms. The van der Waals surface area contributed by atoms with Crippen LogP contribution in [0.4, 0.5) is 0 Å². The predicted octanol–water partition coefficient (Wildman–Crippen LogP) is 3.39. The fourth-order valence-corrected chi connectivity index (χ4v) is 4.48. The number of likely N-dealkylation sites (tertiary alicyclic amines) is 1. The molecule has 2 aromatic carbocycles. The molecule has 1 atom stereocenters. The molecule has 154 valence electrons. The number of carbonyl (C=O) groups is 2. The fourth-order valence-electron chi connectivity index (χ4n) is 3.40. The third-order valence-corrected chi connectivity index (χ3v) is 6.83. The highest BCUT2D eigenvalue weighted by molar-refractivity contribution is 7.91. The summed E-state index contributed by atoms with van der Waals surface area (Å²) < 4.78 is 30.4. The van der Waals surface area contributed by atoms with Crippen LogP contribution in [0.1, 0.15) is 48.2 Å². The quantitative estimate of drug-likeness (QED) is 0.676. The number of esters is 1. The molecule has 1 heterocycles. The molecule has 0 radical (unpaired) electrons. The molecule has 3 rings (SSSR count). The van der Waals surface area contributed by atoms with E-state index in [-0.39, 0.29) is 22.1 Å². The van der Waals surface area contributed by atoms with Crippen LogP contribution >= 0.6 is 0 Å². The lowest BCUT2D eigenvalue weighted by Gasteiger charge is -2.30. The summed E-state index contributed by atoms with van der Waals surface area (Å²) in [5.41, 5.74) is 0.508. The van der Waals surface area contributed by atoms with Crippen molar-refractivity contribution in [2.75, 3.05) is 18.8 Å². The second-order valence-corrected chi connectivity index (χ2v) is 9.23. The van der Waals surface area contributed by atoms with Crippen molar-refractivity contribution in [3.05, 3.63) is 65.7 Å². The van der Waals surface area contributed by atoms with Crippen LogP contribution in [0, 0.1) is 0 Å². The van der Waals surface area contributed by atoms with Crippen LogP contribution < -0.4 is 0 Å². The van der Waals surface area contributed by atoms with Gasteiger partial charge >= 0.3 is 5.97 Å². The number of piperidine rings is 1. The molecule has 2 aromatic rings. The van der Waals surface area contributed by atoms with Crippen LogP contribution in [-0.4, -0.2) is 44.0 Å². The van der Waals surface area contributed by atoms with Gasteiger partial charge in [0, 0.05) is 18.7 Å². The third-order valence-electron chi connectivity index (χ3n) is 5.04. The van der Waals surface area contributed by atoms with Crippen molar-refractivity contribution >= 4 is 21.7 Å². The van der Waals surface area contributed by atoms with Gasteiger partial charge in [-0.05, 0) is 31.4 Å². The van der Waals surface area contributed by atoms with E-state index >= 15 is 0 Å². The van der Waals surface area contributed by atoms with Gasteiger partial charge < -0.3 is 9.64 Å². The first kappa shape index (κ1) is 21.0. The van der Waals surface area contributed by atoms with Gasteiger partial charge in [0.05, 0.1) is 16.2 Å². The van der Waals surface area contributed by atoms with Gasteiger partial charge in [0.15, 0.2) is 9.84 Å². The SMILES string of the molecule is CCS(=O)(=O)c1ccccc1C(=O)O[C@@H](C(=O)N1CCCCC1)c1ccccc1. The number of amides is 1. The molecule has 0 N–H and O–H groups in total. The van der Waals surface area contributed by atoms with Crippen molar-refractivity contribution in [1.29, 1.82) is 0 Å². The van der Waals surface area contributed by atoms with Crippen LogP contribution in [-0.2, 0) is 19.4 Å². The van der Waals surface area contributed by atoms with Crippen LogP contribution in [0.2, 0.25) is 0 Å². The molecule has 7 heteroatoms. The number of carbonyl (C=O) groups excluding carboxylic acids is 2. The van der Waals surface area contributed by atoms with E-state index in [1.54, 1.807) is 41.3 Å². The van der Waals surface area contributed by atoms with E-state index in [2.05, 4.69) is 0 Å². The van der Waals surface area contributed by atoms with Crippen molar-refractivity contribution in [2.24, 2.45) is 0 Å². The summed E-state index contributed by atoms with van der Waals surface area (Å²) in [5.74, 6) is -1.23. The number of sulfone groups is 1. The lowest BCUT2D eigenvalue weighted by molar-refractivity contribution is -0.142. The van der Waals surface area contributed by atoms with E-state index in [0.717, 1.165) is 19.3 Å². The largest absolute Gasteiger partial charge is 0.444 e. The zero-order chi connectivity index (χ0) is 20.9. The van der Waals surface area contributed by atoms with Crippen LogP contribution in [0.25, 0.3) is 0 Å². The monoisotopic (exact) mass is 415 g/mol. The second kappa shape index (κ2) is 9.22. The summed E-state index contributed by atoms with van der Waals surface area (Å²) in [7, 11) is -3.61. The Hall–Kier alpha value is -2.67. The molecule has 0 spiro atoms. The first-order valence-electron chi connectivity index (χ1n) is 9.80. The molecule has 1 aliphatic rings. The first-order chi connectivity index (χ1) is 13.9. The maximum atomic E-state index is 13.1. The van der Waals surface area contributed by atoms with Crippen molar-refractivity contribution < 1.29 is 22.7 Å². The molecule has 1 fully saturated rings. The highest BCUT2D eigenvalue weighted by Crippen LogP contribution is 2.26. The van der Waals surface area contributed by atoms with Crippen molar-refractivity contribution in [3.8, 4) is 0 Å². The number of hydrogen-bond donors (Lipinski definition) is 0. The van der Waals surface area contributed by atoms with Crippen LogP contribution in [0.15, 0.2) is 59.5 Å². The van der Waals surface area contributed by atoms with Crippen LogP contribution in [0.3, 0.4) is 0 Å². The molecule has 0 unspecified atom stereocenters. The minimum atomic E-state index is -3.61. The molecule has 0 saturated carbocycles. The summed E-state index contributed by atoms with van der Waals surface area (Å²) in [6.07, 6.45) is 1.79. The average Bonchev–Trinajstić information content (AvgIpc) is 2.78. The maximum Gasteiger partial charge on any atom is 0.340 e. The van der Waals surface area contributed by atoms with Gasteiger partial charge in [0.25, 0.3) is 5.91 Å². The Bertz CT molecular complexity index is 966. The van der Waals surface area contributed by atoms with Crippen LogP contribution in [0.5, 0.6) is 0 Å². The Balaban J connectivity index is 1.93. The van der Waals surface area contributed by atoms with E-state index in [1.165, 1.54) is 19.1 Å². The minimum Gasteiger partial charge on any atom is -0.444 e. The molecule has 0 aromatic heterocycles. The van der Waals surface area contributed by atoms with Gasteiger partial charge in [-0.3, -0.25) is 4.79 Å². The highest BCUT2D eigenvalue weighted by atomic mass is 32.2. The molecule has 1 saturated heterocycles. The first-order valence-corrected chi connectivity index (χ1v) is 11.5.